The van der Waals surface area contributed by atoms with Crippen molar-refractivity contribution in [2.45, 2.75) is 0 Å². The maximum absolute atomic E-state index is 8.74. The van der Waals surface area contributed by atoms with Crippen LogP contribution in [0.3, 0.4) is 0 Å². The summed E-state index contributed by atoms with van der Waals surface area (Å²) in [7, 11) is 0. The number of phenols is 1. The van der Waals surface area contributed by atoms with Gasteiger partial charge in [0, 0.05) is 4.47 Å². The van der Waals surface area contributed by atoms with Crippen molar-refractivity contribution in [2.24, 2.45) is 0 Å². The molecule has 1 N–H and O–H groups in total. The number of benzene rings is 1. The third-order valence-corrected chi connectivity index (χ3v) is 1.36. The molecule has 0 bridgehead atoms. The van der Waals surface area contributed by atoms with Crippen LogP contribution in [0.5, 0.6) is 5.75 Å². The van der Waals surface area contributed by atoms with Crippen molar-refractivity contribution in [1.29, 1.82) is 0 Å². The van der Waals surface area contributed by atoms with Crippen LogP contribution in [0.25, 0.3) is 0 Å². The molecule has 1 nitrogen and oxygen atoms in total. The number of hydrogen-bond acceptors (Lipinski definition) is 1. The fourth-order valence-corrected chi connectivity index (χ4v) is 0.705. The standard InChI is InChI=1S/C6H5BrO.Li.H/c7-5-1-3-6(8)4-2-5;;/h1-4,8H;;/q;+1;-1. The van der Waals surface area contributed by atoms with E-state index in [2.05, 4.69) is 15.9 Å². The van der Waals surface area contributed by atoms with Crippen molar-refractivity contribution in [2.75, 3.05) is 0 Å². The van der Waals surface area contributed by atoms with Crippen molar-refractivity contribution in [3.63, 3.8) is 0 Å². The largest absolute Gasteiger partial charge is 1.00 e. The first-order chi connectivity index (χ1) is 3.79. The summed E-state index contributed by atoms with van der Waals surface area (Å²) >= 11 is 3.23. The minimum Gasteiger partial charge on any atom is -1.00 e. The summed E-state index contributed by atoms with van der Waals surface area (Å²) in [5.41, 5.74) is 0. The molecule has 0 saturated carbocycles. The number of halogens is 1. The molecule has 9 heavy (non-hydrogen) atoms. The number of rotatable bonds is 0. The van der Waals surface area contributed by atoms with Gasteiger partial charge in [0.05, 0.1) is 0 Å². The average Bonchev–Trinajstić information content (AvgIpc) is 1.77. The minimum atomic E-state index is 0. The Kier molecular flexibility index (Phi) is 4.04. The molecule has 3 heteroatoms. The van der Waals surface area contributed by atoms with Crippen LogP contribution in [0.1, 0.15) is 1.43 Å². The van der Waals surface area contributed by atoms with E-state index in [1.165, 1.54) is 0 Å². The summed E-state index contributed by atoms with van der Waals surface area (Å²) in [4.78, 5) is 0. The Morgan fingerprint density at radius 3 is 2.00 bits per heavy atom. The Hall–Kier alpha value is 0.0974. The molecule has 0 aliphatic rings. The van der Waals surface area contributed by atoms with E-state index in [-0.39, 0.29) is 20.3 Å². The van der Waals surface area contributed by atoms with E-state index in [1.54, 1.807) is 24.3 Å². The van der Waals surface area contributed by atoms with Crippen LogP contribution in [0.2, 0.25) is 0 Å². The fourth-order valence-electron chi connectivity index (χ4n) is 0.441. The summed E-state index contributed by atoms with van der Waals surface area (Å²) in [6.07, 6.45) is 0. The van der Waals surface area contributed by atoms with Gasteiger partial charge in [-0.25, -0.2) is 0 Å². The number of hydrogen-bond donors (Lipinski definition) is 1. The van der Waals surface area contributed by atoms with E-state index >= 15 is 0 Å². The molecule has 0 saturated heterocycles. The summed E-state index contributed by atoms with van der Waals surface area (Å²) in [6, 6.07) is 6.83. The van der Waals surface area contributed by atoms with E-state index in [9.17, 15) is 0 Å². The van der Waals surface area contributed by atoms with Crippen LogP contribution in [0.4, 0.5) is 0 Å². The Morgan fingerprint density at radius 1 is 1.22 bits per heavy atom. The fraction of sp³-hybridized carbons (Fsp3) is 0. The summed E-state index contributed by atoms with van der Waals surface area (Å²) < 4.78 is 0.982. The number of aromatic hydroxyl groups is 1. The monoisotopic (exact) mass is 180 g/mol. The normalized spacial score (nSPS) is 8.11. The van der Waals surface area contributed by atoms with Crippen LogP contribution in [0.15, 0.2) is 28.7 Å². The maximum atomic E-state index is 8.74. The van der Waals surface area contributed by atoms with E-state index in [1.807, 2.05) is 0 Å². The van der Waals surface area contributed by atoms with Crippen molar-refractivity contribution in [3.8, 4) is 5.75 Å². The molecule has 0 spiro atoms. The first kappa shape index (κ1) is 9.10. The quantitative estimate of drug-likeness (QED) is 0.523. The van der Waals surface area contributed by atoms with Gasteiger partial charge in [-0.3, -0.25) is 0 Å². The topological polar surface area (TPSA) is 20.2 Å². The zero-order valence-electron chi connectivity index (χ0n) is 6.13. The molecule has 1 aromatic carbocycles. The Morgan fingerprint density at radius 2 is 1.67 bits per heavy atom. The summed E-state index contributed by atoms with van der Waals surface area (Å²) in [5, 5.41) is 8.74. The predicted molar refractivity (Wildman–Crippen MR) is 36.9 cm³/mol. The molecule has 0 fully saturated rings. The van der Waals surface area contributed by atoms with Gasteiger partial charge >= 0.3 is 18.9 Å². The first-order valence-electron chi connectivity index (χ1n) is 2.23. The van der Waals surface area contributed by atoms with Gasteiger partial charge in [0.25, 0.3) is 0 Å². The van der Waals surface area contributed by atoms with E-state index in [0.29, 0.717) is 5.75 Å². The molecule has 0 unspecified atom stereocenters. The molecular weight excluding hydrogens is 175 g/mol. The number of phenolic OH excluding ortho intramolecular Hbond substituents is 1. The molecule has 1 aromatic rings. The van der Waals surface area contributed by atoms with Crippen LogP contribution < -0.4 is 18.9 Å². The second-order valence-corrected chi connectivity index (χ2v) is 2.39. The molecule has 0 aliphatic heterocycles. The van der Waals surface area contributed by atoms with Crippen LogP contribution in [-0.4, -0.2) is 5.11 Å². The summed E-state index contributed by atoms with van der Waals surface area (Å²) in [6.45, 7) is 0. The zero-order valence-corrected chi connectivity index (χ0v) is 6.72. The van der Waals surface area contributed by atoms with Crippen LogP contribution in [-0.2, 0) is 0 Å². The molecule has 0 heterocycles. The second kappa shape index (κ2) is 4.00. The second-order valence-electron chi connectivity index (χ2n) is 1.48. The summed E-state index contributed by atoms with van der Waals surface area (Å²) in [5.74, 6) is 0.299. The van der Waals surface area contributed by atoms with Gasteiger partial charge < -0.3 is 6.53 Å². The SMILES string of the molecule is Oc1ccc(Br)cc1.[H-].[Li+]. The Balaban J connectivity index is 0. The van der Waals surface area contributed by atoms with E-state index in [4.69, 9.17) is 5.11 Å². The van der Waals surface area contributed by atoms with Crippen LogP contribution in [0, 0.1) is 0 Å². The third kappa shape index (κ3) is 2.95. The minimum absolute atomic E-state index is 0. The first-order valence-corrected chi connectivity index (χ1v) is 3.03. The molecule has 0 aliphatic carbocycles. The third-order valence-electron chi connectivity index (χ3n) is 0.827. The van der Waals surface area contributed by atoms with Crippen molar-refractivity contribution >= 4 is 15.9 Å². The molecular formula is C6H6BrLiO. The molecule has 0 radical (unpaired) electrons. The van der Waals surface area contributed by atoms with Gasteiger partial charge in [0.2, 0.25) is 0 Å². The van der Waals surface area contributed by atoms with Gasteiger partial charge in [-0.05, 0) is 24.3 Å². The van der Waals surface area contributed by atoms with Crippen molar-refractivity contribution in [3.05, 3.63) is 28.7 Å². The zero-order chi connectivity index (χ0) is 5.98. The van der Waals surface area contributed by atoms with Gasteiger partial charge in [0.15, 0.2) is 0 Å². The van der Waals surface area contributed by atoms with E-state index < -0.39 is 0 Å². The van der Waals surface area contributed by atoms with E-state index in [0.717, 1.165) is 4.47 Å². The van der Waals surface area contributed by atoms with Gasteiger partial charge in [0.1, 0.15) is 5.75 Å². The van der Waals surface area contributed by atoms with Gasteiger partial charge in [-0.1, -0.05) is 15.9 Å². The molecule has 0 amide bonds. The van der Waals surface area contributed by atoms with Crippen LogP contribution >= 0.6 is 15.9 Å². The Bertz CT molecular complexity index is 157. The molecule has 0 aromatic heterocycles. The maximum Gasteiger partial charge on any atom is 1.00 e. The smallest absolute Gasteiger partial charge is 1.00 e. The van der Waals surface area contributed by atoms with Crippen molar-refractivity contribution < 1.29 is 25.4 Å². The van der Waals surface area contributed by atoms with Crippen molar-refractivity contribution in [1.82, 2.24) is 0 Å². The van der Waals surface area contributed by atoms with Gasteiger partial charge in [-0.2, -0.15) is 0 Å². The molecule has 1 rings (SSSR count). The molecule has 44 valence electrons. The molecule has 0 atom stereocenters. The average molecular weight is 181 g/mol. The Labute approximate surface area is 75.9 Å². The van der Waals surface area contributed by atoms with Gasteiger partial charge in [-0.15, -0.1) is 0 Å². The predicted octanol–water partition coefficient (Wildman–Crippen LogP) is -0.729.